The van der Waals surface area contributed by atoms with Gasteiger partial charge < -0.3 is 15.4 Å². The molecule has 6 heteroatoms. The summed E-state index contributed by atoms with van der Waals surface area (Å²) in [6.07, 6.45) is 0. The van der Waals surface area contributed by atoms with Crippen LogP contribution in [-0.4, -0.2) is 18.9 Å². The second-order valence-corrected chi connectivity index (χ2v) is 5.34. The van der Waals surface area contributed by atoms with Crippen molar-refractivity contribution >= 4 is 29.1 Å². The van der Waals surface area contributed by atoms with Crippen LogP contribution in [0.3, 0.4) is 0 Å². The average molecular weight is 333 g/mol. The molecule has 0 spiro atoms. The molecule has 0 aliphatic rings. The van der Waals surface area contributed by atoms with Crippen molar-refractivity contribution < 1.29 is 14.3 Å². The number of anilines is 1. The molecular weight excluding hydrogens is 316 g/mol. The van der Waals surface area contributed by atoms with Gasteiger partial charge in [0.2, 0.25) is 0 Å². The van der Waals surface area contributed by atoms with E-state index in [0.29, 0.717) is 16.5 Å². The third kappa shape index (κ3) is 4.47. The van der Waals surface area contributed by atoms with Crippen LogP contribution in [0.4, 0.5) is 5.69 Å². The van der Waals surface area contributed by atoms with E-state index in [1.807, 2.05) is 30.3 Å². The Bertz CT molecular complexity index is 704. The summed E-state index contributed by atoms with van der Waals surface area (Å²) >= 11 is 5.89. The molecule has 2 N–H and O–H groups in total. The summed E-state index contributed by atoms with van der Waals surface area (Å²) in [5.74, 6) is -1.09. The summed E-state index contributed by atoms with van der Waals surface area (Å²) in [4.78, 5) is 24.1. The fraction of sp³-hybridized carbons (Fsp3) is 0.176. The normalized spacial score (nSPS) is 11.4. The van der Waals surface area contributed by atoms with Crippen LogP contribution < -0.4 is 15.4 Å². The highest BCUT2D eigenvalue weighted by Crippen LogP contribution is 2.27. The largest absolute Gasteiger partial charge is 0.495 e. The van der Waals surface area contributed by atoms with Gasteiger partial charge in [0.25, 0.3) is 0 Å². The molecule has 2 aromatic carbocycles. The Morgan fingerprint density at radius 2 is 1.78 bits per heavy atom. The van der Waals surface area contributed by atoms with Crippen molar-refractivity contribution in [3.63, 3.8) is 0 Å². The molecule has 0 heterocycles. The number of rotatable bonds is 4. The average Bonchev–Trinajstić information content (AvgIpc) is 2.55. The smallest absolute Gasteiger partial charge is 0.313 e. The molecular formula is C17H17ClN2O3. The van der Waals surface area contributed by atoms with E-state index in [1.54, 1.807) is 19.1 Å². The monoisotopic (exact) mass is 332 g/mol. The standard InChI is InChI=1S/C17H17ClN2O3/c1-11(12-6-4-3-5-7-12)19-16(21)17(22)20-14-10-13(18)8-9-15(14)23-2/h3-11H,1-2H3,(H,19,21)(H,20,22)/t11-/m0/s1. The van der Waals surface area contributed by atoms with Crippen molar-refractivity contribution in [2.75, 3.05) is 12.4 Å². The molecule has 0 aromatic heterocycles. The molecule has 2 rings (SSSR count). The first-order valence-electron chi connectivity index (χ1n) is 7.01. The Morgan fingerprint density at radius 3 is 2.43 bits per heavy atom. The van der Waals surface area contributed by atoms with Crippen molar-refractivity contribution in [2.45, 2.75) is 13.0 Å². The third-order valence-corrected chi connectivity index (χ3v) is 3.50. The summed E-state index contributed by atoms with van der Waals surface area (Å²) in [5, 5.41) is 5.57. The Kier molecular flexibility index (Phi) is 5.60. The first-order chi connectivity index (χ1) is 11.0. The van der Waals surface area contributed by atoms with Gasteiger partial charge in [0.05, 0.1) is 18.8 Å². The number of carbonyl (C=O) groups excluding carboxylic acids is 2. The van der Waals surface area contributed by atoms with Gasteiger partial charge in [-0.2, -0.15) is 0 Å². The fourth-order valence-electron chi connectivity index (χ4n) is 2.04. The van der Waals surface area contributed by atoms with Gasteiger partial charge in [0.1, 0.15) is 5.75 Å². The topological polar surface area (TPSA) is 67.4 Å². The number of amides is 2. The molecule has 5 nitrogen and oxygen atoms in total. The van der Waals surface area contributed by atoms with Crippen LogP contribution in [0.5, 0.6) is 5.75 Å². The highest BCUT2D eigenvalue weighted by molar-refractivity contribution is 6.40. The van der Waals surface area contributed by atoms with E-state index < -0.39 is 11.8 Å². The van der Waals surface area contributed by atoms with Crippen molar-refractivity contribution in [3.8, 4) is 5.75 Å². The molecule has 2 amide bonds. The van der Waals surface area contributed by atoms with Gasteiger partial charge in [0.15, 0.2) is 0 Å². The van der Waals surface area contributed by atoms with E-state index in [0.717, 1.165) is 5.56 Å². The first kappa shape index (κ1) is 16.8. The van der Waals surface area contributed by atoms with E-state index >= 15 is 0 Å². The molecule has 0 radical (unpaired) electrons. The van der Waals surface area contributed by atoms with Crippen LogP contribution in [0.25, 0.3) is 0 Å². The molecule has 0 fully saturated rings. The Labute approximate surface area is 139 Å². The first-order valence-corrected chi connectivity index (χ1v) is 7.39. The number of methoxy groups -OCH3 is 1. The quantitative estimate of drug-likeness (QED) is 0.845. The lowest BCUT2D eigenvalue weighted by Crippen LogP contribution is -2.37. The summed E-state index contributed by atoms with van der Waals surface area (Å²) in [5.41, 5.74) is 1.25. The van der Waals surface area contributed by atoms with Gasteiger partial charge in [-0.25, -0.2) is 0 Å². The minimum absolute atomic E-state index is 0.282. The number of nitrogens with one attached hydrogen (secondary N) is 2. The van der Waals surface area contributed by atoms with Gasteiger partial charge in [-0.05, 0) is 30.7 Å². The molecule has 1 atom stereocenters. The van der Waals surface area contributed by atoms with E-state index in [-0.39, 0.29) is 6.04 Å². The van der Waals surface area contributed by atoms with E-state index in [9.17, 15) is 9.59 Å². The van der Waals surface area contributed by atoms with Crippen LogP contribution >= 0.6 is 11.6 Å². The number of hydrogen-bond acceptors (Lipinski definition) is 3. The number of halogens is 1. The zero-order chi connectivity index (χ0) is 16.8. The Hall–Kier alpha value is -2.53. The predicted octanol–water partition coefficient (Wildman–Crippen LogP) is 3.16. The van der Waals surface area contributed by atoms with Crippen molar-refractivity contribution in [1.82, 2.24) is 5.32 Å². The van der Waals surface area contributed by atoms with Gasteiger partial charge in [-0.1, -0.05) is 41.9 Å². The third-order valence-electron chi connectivity index (χ3n) is 3.26. The van der Waals surface area contributed by atoms with E-state index in [4.69, 9.17) is 16.3 Å². The minimum Gasteiger partial charge on any atom is -0.495 e. The maximum absolute atomic E-state index is 12.0. The van der Waals surface area contributed by atoms with Gasteiger partial charge in [-0.3, -0.25) is 9.59 Å². The molecule has 0 unspecified atom stereocenters. The number of ether oxygens (including phenoxy) is 1. The highest BCUT2D eigenvalue weighted by atomic mass is 35.5. The molecule has 0 aliphatic carbocycles. The molecule has 0 saturated heterocycles. The lowest BCUT2D eigenvalue weighted by atomic mass is 10.1. The van der Waals surface area contributed by atoms with Crippen LogP contribution in [0.1, 0.15) is 18.5 Å². The van der Waals surface area contributed by atoms with Gasteiger partial charge >= 0.3 is 11.8 Å². The van der Waals surface area contributed by atoms with Crippen LogP contribution in [-0.2, 0) is 9.59 Å². The summed E-state index contributed by atoms with van der Waals surface area (Å²) in [7, 11) is 1.47. The van der Waals surface area contributed by atoms with Crippen molar-refractivity contribution in [3.05, 3.63) is 59.1 Å². The molecule has 23 heavy (non-hydrogen) atoms. The van der Waals surface area contributed by atoms with Gasteiger partial charge in [-0.15, -0.1) is 0 Å². The second-order valence-electron chi connectivity index (χ2n) is 4.90. The van der Waals surface area contributed by atoms with Crippen molar-refractivity contribution in [1.29, 1.82) is 0 Å². The SMILES string of the molecule is COc1ccc(Cl)cc1NC(=O)C(=O)N[C@@H](C)c1ccccc1. The molecule has 2 aromatic rings. The fourth-order valence-corrected chi connectivity index (χ4v) is 2.22. The number of hydrogen-bond donors (Lipinski definition) is 2. The Balaban J connectivity index is 2.03. The van der Waals surface area contributed by atoms with Crippen molar-refractivity contribution in [2.24, 2.45) is 0 Å². The van der Waals surface area contributed by atoms with Crippen LogP contribution in [0.15, 0.2) is 48.5 Å². The van der Waals surface area contributed by atoms with Crippen LogP contribution in [0.2, 0.25) is 5.02 Å². The maximum atomic E-state index is 12.0. The summed E-state index contributed by atoms with van der Waals surface area (Å²) < 4.78 is 5.13. The molecule has 0 aliphatic heterocycles. The lowest BCUT2D eigenvalue weighted by molar-refractivity contribution is -0.136. The zero-order valence-corrected chi connectivity index (χ0v) is 13.6. The zero-order valence-electron chi connectivity index (χ0n) is 12.8. The number of carbonyl (C=O) groups is 2. The maximum Gasteiger partial charge on any atom is 0.313 e. The highest BCUT2D eigenvalue weighted by Gasteiger charge is 2.18. The van der Waals surface area contributed by atoms with E-state index in [1.165, 1.54) is 13.2 Å². The summed E-state index contributed by atoms with van der Waals surface area (Å²) in [6, 6.07) is 13.9. The van der Waals surface area contributed by atoms with Gasteiger partial charge in [0, 0.05) is 5.02 Å². The number of benzene rings is 2. The predicted molar refractivity (Wildman–Crippen MR) is 89.6 cm³/mol. The Morgan fingerprint density at radius 1 is 1.09 bits per heavy atom. The van der Waals surface area contributed by atoms with Crippen LogP contribution in [0, 0.1) is 0 Å². The molecule has 120 valence electrons. The summed E-state index contributed by atoms with van der Waals surface area (Å²) in [6.45, 7) is 1.81. The molecule has 0 bridgehead atoms. The molecule has 0 saturated carbocycles. The lowest BCUT2D eigenvalue weighted by Gasteiger charge is -2.15. The van der Waals surface area contributed by atoms with E-state index in [2.05, 4.69) is 10.6 Å². The minimum atomic E-state index is -0.784. The second kappa shape index (κ2) is 7.65.